The highest BCUT2D eigenvalue weighted by Crippen LogP contribution is 2.24. The maximum atomic E-state index is 12.4. The van der Waals surface area contributed by atoms with Gasteiger partial charge in [-0.2, -0.15) is 0 Å². The second kappa shape index (κ2) is 8.55. The van der Waals surface area contributed by atoms with E-state index in [9.17, 15) is 14.4 Å². The number of carbonyl (C=O) groups excluding carboxylic acids is 3. The van der Waals surface area contributed by atoms with Gasteiger partial charge in [0.2, 0.25) is 5.91 Å². The Labute approximate surface area is 161 Å². The highest BCUT2D eigenvalue weighted by atomic mass is 16.5. The van der Waals surface area contributed by atoms with Crippen molar-refractivity contribution in [2.24, 2.45) is 11.3 Å². The molecule has 0 unspecified atom stereocenters. The average Bonchev–Trinajstić information content (AvgIpc) is 2.62. The minimum atomic E-state index is -0.868. The fourth-order valence-electron chi connectivity index (χ4n) is 3.00. The van der Waals surface area contributed by atoms with Crippen molar-refractivity contribution >= 4 is 23.5 Å². The highest BCUT2D eigenvalue weighted by Gasteiger charge is 2.33. The number of anilines is 1. The van der Waals surface area contributed by atoms with Crippen molar-refractivity contribution < 1.29 is 19.1 Å². The van der Waals surface area contributed by atoms with Crippen LogP contribution in [0.5, 0.6) is 0 Å². The van der Waals surface area contributed by atoms with E-state index in [0.29, 0.717) is 31.6 Å². The summed E-state index contributed by atoms with van der Waals surface area (Å²) in [5.74, 6) is -0.902. The Balaban J connectivity index is 1.82. The average molecular weight is 374 g/mol. The third kappa shape index (κ3) is 5.81. The summed E-state index contributed by atoms with van der Waals surface area (Å²) in [7, 11) is 0. The molecule has 1 N–H and O–H groups in total. The van der Waals surface area contributed by atoms with Crippen LogP contribution in [0.4, 0.5) is 5.69 Å². The molecule has 2 rings (SSSR count). The molecule has 1 aliphatic heterocycles. The normalized spacial score (nSPS) is 16.6. The molecule has 0 spiro atoms. The monoisotopic (exact) mass is 374 g/mol. The van der Waals surface area contributed by atoms with Gasteiger partial charge in [0.25, 0.3) is 5.91 Å². The third-order valence-corrected chi connectivity index (χ3v) is 4.74. The Morgan fingerprint density at radius 1 is 1.11 bits per heavy atom. The summed E-state index contributed by atoms with van der Waals surface area (Å²) >= 11 is 0. The number of benzene rings is 1. The molecule has 27 heavy (non-hydrogen) atoms. The van der Waals surface area contributed by atoms with Gasteiger partial charge < -0.3 is 15.0 Å². The van der Waals surface area contributed by atoms with Crippen molar-refractivity contribution in [3.05, 3.63) is 29.8 Å². The maximum absolute atomic E-state index is 12.4. The maximum Gasteiger partial charge on any atom is 0.309 e. The minimum absolute atomic E-state index is 0.0974. The largest absolute Gasteiger partial charge is 0.452 e. The number of hydrogen-bond acceptors (Lipinski definition) is 4. The molecule has 0 aromatic heterocycles. The molecule has 0 bridgehead atoms. The van der Waals surface area contributed by atoms with Crippen molar-refractivity contribution in [1.82, 2.24) is 4.90 Å². The summed E-state index contributed by atoms with van der Waals surface area (Å²) in [6.07, 6.45) is 0.257. The molecule has 6 nitrogen and oxygen atoms in total. The lowest BCUT2D eigenvalue weighted by molar-refractivity contribution is -0.160. The fraction of sp³-hybridized carbons (Fsp3) is 0.571. The van der Waals surface area contributed by atoms with Crippen molar-refractivity contribution in [3.63, 3.8) is 0 Å². The minimum Gasteiger partial charge on any atom is -0.452 e. The topological polar surface area (TPSA) is 75.7 Å². The van der Waals surface area contributed by atoms with Gasteiger partial charge in [-0.25, -0.2) is 0 Å². The molecule has 0 saturated carbocycles. The first-order chi connectivity index (χ1) is 12.6. The van der Waals surface area contributed by atoms with Gasteiger partial charge in [-0.15, -0.1) is 0 Å². The number of amides is 2. The zero-order valence-electron chi connectivity index (χ0n) is 16.9. The number of nitrogens with one attached hydrogen (secondary N) is 1. The van der Waals surface area contributed by atoms with E-state index in [1.54, 1.807) is 11.8 Å². The lowest BCUT2D eigenvalue weighted by Gasteiger charge is -2.35. The zero-order chi connectivity index (χ0) is 20.2. The Bertz CT molecular complexity index is 683. The van der Waals surface area contributed by atoms with Crippen LogP contribution in [0.2, 0.25) is 0 Å². The molecule has 6 heteroatoms. The van der Waals surface area contributed by atoms with Crippen LogP contribution in [-0.2, 0) is 19.1 Å². The van der Waals surface area contributed by atoms with Crippen LogP contribution >= 0.6 is 0 Å². The number of ether oxygens (including phenoxy) is 1. The Morgan fingerprint density at radius 3 is 2.19 bits per heavy atom. The van der Waals surface area contributed by atoms with Crippen molar-refractivity contribution in [1.29, 1.82) is 0 Å². The molecular weight excluding hydrogens is 344 g/mol. The fourth-order valence-corrected chi connectivity index (χ4v) is 3.00. The summed E-state index contributed by atoms with van der Waals surface area (Å²) in [6, 6.07) is 7.42. The van der Waals surface area contributed by atoms with E-state index in [-0.39, 0.29) is 23.7 Å². The number of rotatable bonds is 4. The van der Waals surface area contributed by atoms with E-state index in [4.69, 9.17) is 4.74 Å². The first-order valence-electron chi connectivity index (χ1n) is 9.45. The van der Waals surface area contributed by atoms with Crippen LogP contribution < -0.4 is 5.32 Å². The van der Waals surface area contributed by atoms with Crippen LogP contribution in [0.25, 0.3) is 0 Å². The number of piperidine rings is 1. The lowest BCUT2D eigenvalue weighted by Crippen LogP contribution is -2.45. The van der Waals surface area contributed by atoms with Crippen molar-refractivity contribution in [2.45, 2.75) is 53.6 Å². The summed E-state index contributed by atoms with van der Waals surface area (Å²) in [5.41, 5.74) is 1.35. The van der Waals surface area contributed by atoms with Crippen molar-refractivity contribution in [2.75, 3.05) is 18.4 Å². The summed E-state index contributed by atoms with van der Waals surface area (Å²) in [4.78, 5) is 38.7. The lowest BCUT2D eigenvalue weighted by atomic mass is 9.91. The van der Waals surface area contributed by atoms with E-state index in [0.717, 1.165) is 5.56 Å². The van der Waals surface area contributed by atoms with Gasteiger partial charge in [0, 0.05) is 24.2 Å². The smallest absolute Gasteiger partial charge is 0.309 e. The number of nitrogens with zero attached hydrogens (tertiary/aromatic N) is 1. The van der Waals surface area contributed by atoms with Crippen LogP contribution in [-0.4, -0.2) is 41.9 Å². The van der Waals surface area contributed by atoms with Crippen LogP contribution in [0.3, 0.4) is 0 Å². The zero-order valence-corrected chi connectivity index (χ0v) is 16.9. The third-order valence-electron chi connectivity index (χ3n) is 4.74. The van der Waals surface area contributed by atoms with Gasteiger partial charge in [0.05, 0.1) is 5.92 Å². The van der Waals surface area contributed by atoms with Crippen molar-refractivity contribution in [3.8, 4) is 0 Å². The molecule has 1 heterocycles. The molecule has 148 valence electrons. The predicted octanol–water partition coefficient (Wildman–Crippen LogP) is 3.15. The number of hydrogen-bond donors (Lipinski definition) is 1. The molecule has 1 atom stereocenters. The van der Waals surface area contributed by atoms with Crippen LogP contribution in [0.15, 0.2) is 24.3 Å². The molecular formula is C21H30N2O4. The first kappa shape index (κ1) is 20.9. The number of esters is 1. The van der Waals surface area contributed by atoms with E-state index in [1.165, 1.54) is 0 Å². The molecule has 1 aromatic rings. The molecule has 1 fully saturated rings. The van der Waals surface area contributed by atoms with E-state index in [2.05, 4.69) is 5.32 Å². The second-order valence-electron chi connectivity index (χ2n) is 8.25. The van der Waals surface area contributed by atoms with E-state index >= 15 is 0 Å². The van der Waals surface area contributed by atoms with Gasteiger partial charge in [-0.1, -0.05) is 38.5 Å². The molecule has 2 amide bonds. The van der Waals surface area contributed by atoms with E-state index < -0.39 is 11.5 Å². The predicted molar refractivity (Wildman–Crippen MR) is 104 cm³/mol. The molecule has 1 saturated heterocycles. The summed E-state index contributed by atoms with van der Waals surface area (Å²) in [5, 5.41) is 2.75. The number of likely N-dealkylation sites (tertiary alicyclic amines) is 1. The SMILES string of the molecule is Cc1ccc(NC(=O)[C@@H](C)OC(=O)C2CCN(C(=O)C(C)(C)C)CC2)cc1. The quantitative estimate of drug-likeness (QED) is 0.822. The van der Waals surface area contributed by atoms with Gasteiger partial charge in [0.1, 0.15) is 0 Å². The summed E-state index contributed by atoms with van der Waals surface area (Å²) in [6.45, 7) is 10.3. The number of carbonyl (C=O) groups is 3. The molecule has 0 radical (unpaired) electrons. The van der Waals surface area contributed by atoms with E-state index in [1.807, 2.05) is 52.0 Å². The van der Waals surface area contributed by atoms with Crippen LogP contribution in [0, 0.1) is 18.3 Å². The Kier molecular flexibility index (Phi) is 6.63. The molecule has 0 aliphatic carbocycles. The Morgan fingerprint density at radius 2 is 1.67 bits per heavy atom. The summed E-state index contributed by atoms with van der Waals surface area (Å²) < 4.78 is 5.36. The molecule has 1 aliphatic rings. The second-order valence-corrected chi connectivity index (χ2v) is 8.25. The number of aryl methyl sites for hydroxylation is 1. The van der Waals surface area contributed by atoms with Crippen LogP contribution in [0.1, 0.15) is 46.1 Å². The van der Waals surface area contributed by atoms with Gasteiger partial charge in [-0.3, -0.25) is 14.4 Å². The Hall–Kier alpha value is -2.37. The standard InChI is InChI=1S/C21H30N2O4/c1-14-6-8-17(9-7-14)22-18(24)15(2)27-19(25)16-10-12-23(13-11-16)20(26)21(3,4)5/h6-9,15-16H,10-13H2,1-5H3,(H,22,24)/t15-/m1/s1. The van der Waals surface area contributed by atoms with Gasteiger partial charge in [-0.05, 0) is 38.8 Å². The highest BCUT2D eigenvalue weighted by molar-refractivity contribution is 5.95. The van der Waals surface area contributed by atoms with Gasteiger partial charge >= 0.3 is 5.97 Å². The van der Waals surface area contributed by atoms with Gasteiger partial charge in [0.15, 0.2) is 6.10 Å². The molecule has 1 aromatic carbocycles. The first-order valence-corrected chi connectivity index (χ1v) is 9.45.